The van der Waals surface area contributed by atoms with Crippen molar-refractivity contribution >= 4 is 24.2 Å². The summed E-state index contributed by atoms with van der Waals surface area (Å²) in [5.41, 5.74) is 2.47. The predicted octanol–water partition coefficient (Wildman–Crippen LogP) is 4.65. The summed E-state index contributed by atoms with van der Waals surface area (Å²) >= 11 is 0. The second-order valence-electron chi connectivity index (χ2n) is 10.4. The maximum atomic E-state index is 12.3. The van der Waals surface area contributed by atoms with Gasteiger partial charge in [0.05, 0.1) is 18.4 Å². The third kappa shape index (κ3) is 6.14. The molecule has 0 aromatic heterocycles. The molecule has 35 heavy (non-hydrogen) atoms. The quantitative estimate of drug-likeness (QED) is 0.627. The van der Waals surface area contributed by atoms with Crippen molar-refractivity contribution in [3.63, 3.8) is 0 Å². The van der Waals surface area contributed by atoms with E-state index in [0.29, 0.717) is 6.54 Å². The molecule has 188 valence electrons. The zero-order valence-corrected chi connectivity index (χ0v) is 21.3. The number of amides is 2. The standard InChI is InChI=1S/C15H17NO2.C14H20N2.ClH/c17-14-12-8-4-5-9-13(12)15(18)16(14)10-11-6-2-1-3-7-11;1-2-5-12(6-3-1)9-16-10-13-7-4-8-15-14(13)11-16;/h1-3,6-7,12-13H,4-5,8-10H2;1-3,5-6,13-15H,4,7-11H2;1H/t12-,13+;13-,14+;/m.0./s1. The van der Waals surface area contributed by atoms with Crippen LogP contribution in [0.5, 0.6) is 0 Å². The first-order valence-electron chi connectivity index (χ1n) is 13.1. The van der Waals surface area contributed by atoms with Crippen LogP contribution < -0.4 is 5.32 Å². The molecule has 3 saturated heterocycles. The minimum absolute atomic E-state index is 0. The highest BCUT2D eigenvalue weighted by Crippen LogP contribution is 2.38. The third-order valence-corrected chi connectivity index (χ3v) is 8.04. The highest BCUT2D eigenvalue weighted by atomic mass is 35.5. The first kappa shape index (κ1) is 25.9. The van der Waals surface area contributed by atoms with Gasteiger partial charge in [-0.15, -0.1) is 12.4 Å². The molecule has 3 heterocycles. The van der Waals surface area contributed by atoms with Crippen LogP contribution in [0.1, 0.15) is 49.7 Å². The number of halogens is 1. The number of rotatable bonds is 4. The topological polar surface area (TPSA) is 52.7 Å². The van der Waals surface area contributed by atoms with Crippen LogP contribution in [0.2, 0.25) is 0 Å². The number of hydrogen-bond acceptors (Lipinski definition) is 4. The van der Waals surface area contributed by atoms with Crippen molar-refractivity contribution in [2.75, 3.05) is 19.6 Å². The number of hydrogen-bond donors (Lipinski definition) is 1. The molecule has 0 spiro atoms. The lowest BCUT2D eigenvalue weighted by atomic mass is 9.81. The Morgan fingerprint density at radius 2 is 1.29 bits per heavy atom. The summed E-state index contributed by atoms with van der Waals surface area (Å²) in [5.74, 6) is 0.935. The smallest absolute Gasteiger partial charge is 0.233 e. The monoisotopic (exact) mass is 495 g/mol. The van der Waals surface area contributed by atoms with Crippen LogP contribution in [-0.4, -0.2) is 47.3 Å². The minimum Gasteiger partial charge on any atom is -0.312 e. The summed E-state index contributed by atoms with van der Waals surface area (Å²) in [4.78, 5) is 28.6. The van der Waals surface area contributed by atoms with Crippen molar-refractivity contribution in [1.82, 2.24) is 15.1 Å². The van der Waals surface area contributed by atoms with Crippen molar-refractivity contribution in [3.8, 4) is 0 Å². The van der Waals surface area contributed by atoms with Crippen LogP contribution in [0.4, 0.5) is 0 Å². The summed E-state index contributed by atoms with van der Waals surface area (Å²) < 4.78 is 0. The van der Waals surface area contributed by atoms with E-state index in [9.17, 15) is 9.59 Å². The highest BCUT2D eigenvalue weighted by molar-refractivity contribution is 6.05. The Labute approximate surface area is 215 Å². The molecule has 0 unspecified atom stereocenters. The third-order valence-electron chi connectivity index (χ3n) is 8.04. The van der Waals surface area contributed by atoms with Crippen LogP contribution in [0.25, 0.3) is 0 Å². The molecule has 2 aromatic carbocycles. The Hall–Kier alpha value is -2.21. The lowest BCUT2D eigenvalue weighted by Gasteiger charge is -2.24. The first-order chi connectivity index (χ1) is 16.7. The fourth-order valence-electron chi connectivity index (χ4n) is 6.26. The number of benzene rings is 2. The number of imide groups is 1. The molecule has 1 aliphatic carbocycles. The van der Waals surface area contributed by atoms with E-state index in [4.69, 9.17) is 0 Å². The number of carbonyl (C=O) groups is 2. The molecule has 3 aliphatic heterocycles. The maximum absolute atomic E-state index is 12.3. The van der Waals surface area contributed by atoms with Gasteiger partial charge in [0.25, 0.3) is 0 Å². The van der Waals surface area contributed by atoms with E-state index in [1.807, 2.05) is 30.3 Å². The van der Waals surface area contributed by atoms with Gasteiger partial charge < -0.3 is 5.32 Å². The van der Waals surface area contributed by atoms with Gasteiger partial charge in [0.15, 0.2) is 0 Å². The maximum Gasteiger partial charge on any atom is 0.233 e. The Morgan fingerprint density at radius 1 is 0.714 bits per heavy atom. The van der Waals surface area contributed by atoms with Crippen LogP contribution in [0, 0.1) is 17.8 Å². The highest BCUT2D eigenvalue weighted by Gasteiger charge is 2.47. The fourth-order valence-corrected chi connectivity index (χ4v) is 6.26. The fraction of sp³-hybridized carbons (Fsp3) is 0.517. The predicted molar refractivity (Wildman–Crippen MR) is 141 cm³/mol. The lowest BCUT2D eigenvalue weighted by molar-refractivity contribution is -0.140. The van der Waals surface area contributed by atoms with Crippen molar-refractivity contribution in [3.05, 3.63) is 71.8 Å². The van der Waals surface area contributed by atoms with E-state index in [1.165, 1.54) is 42.9 Å². The summed E-state index contributed by atoms with van der Waals surface area (Å²) in [7, 11) is 0. The van der Waals surface area contributed by atoms with Gasteiger partial charge in [0, 0.05) is 25.7 Å². The Morgan fingerprint density at radius 3 is 1.86 bits per heavy atom. The van der Waals surface area contributed by atoms with E-state index >= 15 is 0 Å². The summed E-state index contributed by atoms with van der Waals surface area (Å²) in [6.07, 6.45) is 6.73. The Kier molecular flexibility index (Phi) is 8.99. The number of carbonyl (C=O) groups excluding carboxylic acids is 2. The summed E-state index contributed by atoms with van der Waals surface area (Å²) in [5, 5.41) is 3.66. The summed E-state index contributed by atoms with van der Waals surface area (Å²) in [6, 6.07) is 21.3. The molecule has 6 heteroatoms. The zero-order chi connectivity index (χ0) is 23.3. The Balaban J connectivity index is 0.000000161. The van der Waals surface area contributed by atoms with Crippen molar-refractivity contribution in [2.45, 2.75) is 57.7 Å². The van der Waals surface area contributed by atoms with Crippen LogP contribution in [0.15, 0.2) is 60.7 Å². The first-order valence-corrected chi connectivity index (χ1v) is 13.1. The van der Waals surface area contributed by atoms with Crippen LogP contribution >= 0.6 is 12.4 Å². The molecule has 4 atom stereocenters. The van der Waals surface area contributed by atoms with E-state index in [1.54, 1.807) is 0 Å². The number of nitrogens with one attached hydrogen (secondary N) is 1. The molecule has 5 nitrogen and oxygen atoms in total. The molecule has 1 saturated carbocycles. The van der Waals surface area contributed by atoms with Gasteiger partial charge in [0.2, 0.25) is 11.8 Å². The minimum atomic E-state index is -0.0324. The molecule has 0 radical (unpaired) electrons. The lowest BCUT2D eigenvalue weighted by Crippen LogP contribution is -2.40. The molecule has 1 N–H and O–H groups in total. The molecule has 4 fully saturated rings. The summed E-state index contributed by atoms with van der Waals surface area (Å²) in [6.45, 7) is 5.30. The number of fused-ring (bicyclic) bond motifs is 2. The van der Waals surface area contributed by atoms with E-state index < -0.39 is 0 Å². The van der Waals surface area contributed by atoms with Crippen molar-refractivity contribution in [1.29, 1.82) is 0 Å². The van der Waals surface area contributed by atoms with Crippen molar-refractivity contribution < 1.29 is 9.59 Å². The molecule has 4 aliphatic rings. The second-order valence-corrected chi connectivity index (χ2v) is 10.4. The van der Waals surface area contributed by atoms with Gasteiger partial charge in [-0.05, 0) is 49.3 Å². The van der Waals surface area contributed by atoms with Gasteiger partial charge in [-0.25, -0.2) is 0 Å². The Bertz CT molecular complexity index is 932. The molecule has 6 rings (SSSR count). The zero-order valence-electron chi connectivity index (χ0n) is 20.5. The van der Waals surface area contributed by atoms with Gasteiger partial charge in [-0.1, -0.05) is 73.5 Å². The molecular weight excluding hydrogens is 458 g/mol. The molecule has 2 amide bonds. The van der Waals surface area contributed by atoms with Gasteiger partial charge in [-0.3, -0.25) is 19.4 Å². The van der Waals surface area contributed by atoms with Gasteiger partial charge in [-0.2, -0.15) is 0 Å². The normalized spacial score (nSPS) is 27.9. The SMILES string of the molecule is Cl.O=C1[C@H]2CCCC[C@H]2C(=O)N1Cc1ccccc1.c1ccc(CN2C[C@@H]3CCCN[C@@H]3C2)cc1. The van der Waals surface area contributed by atoms with E-state index in [2.05, 4.69) is 40.5 Å². The van der Waals surface area contributed by atoms with E-state index in [-0.39, 0.29) is 36.1 Å². The largest absolute Gasteiger partial charge is 0.312 e. The number of likely N-dealkylation sites (tertiary alicyclic amines) is 2. The van der Waals surface area contributed by atoms with Crippen molar-refractivity contribution in [2.24, 2.45) is 17.8 Å². The average molecular weight is 496 g/mol. The molecule has 2 aromatic rings. The number of piperidine rings is 1. The molecular formula is C29H38ClN3O2. The second kappa shape index (κ2) is 12.2. The van der Waals surface area contributed by atoms with E-state index in [0.717, 1.165) is 49.8 Å². The number of nitrogens with zero attached hydrogens (tertiary/aromatic N) is 2. The molecule has 0 bridgehead atoms. The average Bonchev–Trinajstić information content (AvgIpc) is 3.40. The van der Waals surface area contributed by atoms with Gasteiger partial charge >= 0.3 is 0 Å². The van der Waals surface area contributed by atoms with Crippen LogP contribution in [0.3, 0.4) is 0 Å². The van der Waals surface area contributed by atoms with Crippen LogP contribution in [-0.2, 0) is 22.7 Å². The van der Waals surface area contributed by atoms with Gasteiger partial charge in [0.1, 0.15) is 0 Å².